The molecule has 1 unspecified atom stereocenters. The minimum absolute atomic E-state index is 0.0548. The maximum atomic E-state index is 11.6. The SMILES string of the molecule is CC(=O)N(N)C(C(=O)O)C1C2CC3CC(C2)CC1C3. The van der Waals surface area contributed by atoms with Crippen LogP contribution in [0.25, 0.3) is 0 Å². The average molecular weight is 266 g/mol. The summed E-state index contributed by atoms with van der Waals surface area (Å²) in [4.78, 5) is 23.1. The van der Waals surface area contributed by atoms with E-state index < -0.39 is 12.0 Å². The van der Waals surface area contributed by atoms with Crippen LogP contribution < -0.4 is 5.84 Å². The molecule has 0 aromatic carbocycles. The summed E-state index contributed by atoms with van der Waals surface area (Å²) in [6.45, 7) is 1.34. The highest BCUT2D eigenvalue weighted by Crippen LogP contribution is 2.57. The first-order valence-electron chi connectivity index (χ1n) is 7.24. The quantitative estimate of drug-likeness (QED) is 0.457. The number of carboxylic acids is 1. The largest absolute Gasteiger partial charge is 0.480 e. The number of carbonyl (C=O) groups excluding carboxylic acids is 1. The molecule has 4 aliphatic rings. The van der Waals surface area contributed by atoms with Gasteiger partial charge in [-0.1, -0.05) is 0 Å². The number of carbonyl (C=O) groups is 2. The van der Waals surface area contributed by atoms with E-state index in [-0.39, 0.29) is 11.8 Å². The fourth-order valence-electron chi connectivity index (χ4n) is 5.15. The second kappa shape index (κ2) is 4.47. The van der Waals surface area contributed by atoms with Gasteiger partial charge in [-0.25, -0.2) is 10.6 Å². The molecule has 0 radical (unpaired) electrons. The van der Waals surface area contributed by atoms with E-state index in [2.05, 4.69) is 0 Å². The average Bonchev–Trinajstić information content (AvgIpc) is 2.31. The third kappa shape index (κ3) is 2.04. The Kier molecular flexibility index (Phi) is 3.04. The Morgan fingerprint density at radius 3 is 1.95 bits per heavy atom. The van der Waals surface area contributed by atoms with Crippen molar-refractivity contribution >= 4 is 11.9 Å². The maximum Gasteiger partial charge on any atom is 0.328 e. The van der Waals surface area contributed by atoms with E-state index in [0.29, 0.717) is 11.8 Å². The number of hydrazine groups is 1. The lowest BCUT2D eigenvalue weighted by Crippen LogP contribution is -2.59. The van der Waals surface area contributed by atoms with Crippen molar-refractivity contribution in [3.8, 4) is 0 Å². The standard InChI is InChI=1S/C14H22N2O3/c1-7(17)16(15)13(14(18)19)12-10-3-8-2-9(5-10)6-11(12)4-8/h8-13H,2-6,15H2,1H3,(H,18,19). The van der Waals surface area contributed by atoms with Crippen LogP contribution in [0.2, 0.25) is 0 Å². The summed E-state index contributed by atoms with van der Waals surface area (Å²) in [7, 11) is 0. The zero-order chi connectivity index (χ0) is 13.7. The van der Waals surface area contributed by atoms with Crippen molar-refractivity contribution in [2.45, 2.75) is 45.1 Å². The van der Waals surface area contributed by atoms with Crippen LogP contribution in [0.3, 0.4) is 0 Å². The highest BCUT2D eigenvalue weighted by molar-refractivity contribution is 5.82. The molecule has 106 valence electrons. The molecular formula is C14H22N2O3. The first-order chi connectivity index (χ1) is 8.97. The summed E-state index contributed by atoms with van der Waals surface area (Å²) in [6.07, 6.45) is 5.86. The topological polar surface area (TPSA) is 83.6 Å². The highest BCUT2D eigenvalue weighted by Gasteiger charge is 2.53. The van der Waals surface area contributed by atoms with Crippen molar-refractivity contribution < 1.29 is 14.7 Å². The Morgan fingerprint density at radius 1 is 1.11 bits per heavy atom. The molecule has 4 saturated carbocycles. The van der Waals surface area contributed by atoms with Crippen molar-refractivity contribution in [2.75, 3.05) is 0 Å². The number of amides is 1. The van der Waals surface area contributed by atoms with Gasteiger partial charge in [0.05, 0.1) is 0 Å². The van der Waals surface area contributed by atoms with Gasteiger partial charge in [0.2, 0.25) is 5.91 Å². The minimum Gasteiger partial charge on any atom is -0.480 e. The minimum atomic E-state index is -0.949. The van der Waals surface area contributed by atoms with Gasteiger partial charge in [-0.05, 0) is 61.7 Å². The van der Waals surface area contributed by atoms with Crippen molar-refractivity contribution in [1.82, 2.24) is 5.01 Å². The third-order valence-electron chi connectivity index (χ3n) is 5.58. The first-order valence-corrected chi connectivity index (χ1v) is 7.24. The van der Waals surface area contributed by atoms with Crippen LogP contribution in [0.5, 0.6) is 0 Å². The third-order valence-corrected chi connectivity index (χ3v) is 5.58. The fourth-order valence-corrected chi connectivity index (χ4v) is 5.15. The molecule has 4 aliphatic carbocycles. The molecule has 4 rings (SSSR count). The number of carboxylic acid groups (broad SMARTS) is 1. The van der Waals surface area contributed by atoms with Gasteiger partial charge in [0.25, 0.3) is 0 Å². The van der Waals surface area contributed by atoms with Crippen LogP contribution in [-0.2, 0) is 9.59 Å². The molecule has 0 spiro atoms. The molecule has 4 bridgehead atoms. The molecule has 19 heavy (non-hydrogen) atoms. The zero-order valence-electron chi connectivity index (χ0n) is 11.3. The molecule has 0 saturated heterocycles. The zero-order valence-corrected chi connectivity index (χ0v) is 11.3. The lowest BCUT2D eigenvalue weighted by molar-refractivity contribution is -0.161. The number of hydrogen-bond acceptors (Lipinski definition) is 3. The lowest BCUT2D eigenvalue weighted by Gasteiger charge is -2.56. The van der Waals surface area contributed by atoms with Crippen LogP contribution in [0.1, 0.15) is 39.0 Å². The Balaban J connectivity index is 1.86. The van der Waals surface area contributed by atoms with Crippen molar-refractivity contribution in [2.24, 2.45) is 35.4 Å². The Labute approximate surface area is 113 Å². The molecule has 1 atom stereocenters. The number of rotatable bonds is 3. The van der Waals surface area contributed by atoms with E-state index in [4.69, 9.17) is 5.84 Å². The number of hydrogen-bond donors (Lipinski definition) is 2. The van der Waals surface area contributed by atoms with Gasteiger partial charge in [-0.15, -0.1) is 0 Å². The molecule has 4 fully saturated rings. The molecule has 0 aromatic heterocycles. The van der Waals surface area contributed by atoms with Gasteiger partial charge in [-0.2, -0.15) is 0 Å². The normalized spacial score (nSPS) is 41.1. The second-order valence-electron chi connectivity index (χ2n) is 6.72. The molecule has 1 amide bonds. The summed E-state index contributed by atoms with van der Waals surface area (Å²) in [5, 5.41) is 10.5. The summed E-state index contributed by atoms with van der Waals surface area (Å²) in [6, 6.07) is -0.840. The summed E-state index contributed by atoms with van der Waals surface area (Å²) in [5.41, 5.74) is 0. The van der Waals surface area contributed by atoms with Crippen molar-refractivity contribution in [1.29, 1.82) is 0 Å². The Morgan fingerprint density at radius 2 is 1.58 bits per heavy atom. The van der Waals surface area contributed by atoms with Gasteiger partial charge < -0.3 is 5.11 Å². The molecule has 0 aromatic rings. The molecule has 0 aliphatic heterocycles. The molecule has 3 N–H and O–H groups in total. The summed E-state index contributed by atoms with van der Waals surface area (Å²) < 4.78 is 0. The van der Waals surface area contributed by atoms with Gasteiger partial charge >= 0.3 is 5.97 Å². The number of nitrogens with two attached hydrogens (primary N) is 1. The van der Waals surface area contributed by atoms with Gasteiger partial charge in [0.1, 0.15) is 6.04 Å². The van der Waals surface area contributed by atoms with Crippen molar-refractivity contribution in [3.05, 3.63) is 0 Å². The van der Waals surface area contributed by atoms with E-state index in [1.165, 1.54) is 13.3 Å². The number of nitrogens with zero attached hydrogens (tertiary/aromatic N) is 1. The summed E-state index contributed by atoms with van der Waals surface area (Å²) >= 11 is 0. The van der Waals surface area contributed by atoms with Crippen LogP contribution in [0.15, 0.2) is 0 Å². The van der Waals surface area contributed by atoms with Crippen molar-refractivity contribution in [3.63, 3.8) is 0 Å². The summed E-state index contributed by atoms with van der Waals surface area (Å²) in [5.74, 6) is 6.96. The highest BCUT2D eigenvalue weighted by atomic mass is 16.4. The fraction of sp³-hybridized carbons (Fsp3) is 0.857. The predicted molar refractivity (Wildman–Crippen MR) is 68.7 cm³/mol. The monoisotopic (exact) mass is 266 g/mol. The molecule has 5 heteroatoms. The Bertz CT molecular complexity index is 381. The Hall–Kier alpha value is -1.10. The van der Waals surface area contributed by atoms with E-state index in [1.54, 1.807) is 0 Å². The van der Waals surface area contributed by atoms with E-state index in [9.17, 15) is 14.7 Å². The lowest BCUT2D eigenvalue weighted by atomic mass is 9.50. The van der Waals surface area contributed by atoms with E-state index in [0.717, 1.165) is 42.5 Å². The second-order valence-corrected chi connectivity index (χ2v) is 6.72. The molecular weight excluding hydrogens is 244 g/mol. The van der Waals surface area contributed by atoms with Gasteiger partial charge in [0.15, 0.2) is 0 Å². The molecule has 0 heterocycles. The molecule has 5 nitrogen and oxygen atoms in total. The van der Waals surface area contributed by atoms with Gasteiger partial charge in [-0.3, -0.25) is 9.80 Å². The number of aliphatic carboxylic acids is 1. The van der Waals surface area contributed by atoms with Crippen LogP contribution in [0.4, 0.5) is 0 Å². The van der Waals surface area contributed by atoms with Gasteiger partial charge in [0, 0.05) is 6.92 Å². The smallest absolute Gasteiger partial charge is 0.328 e. The predicted octanol–water partition coefficient (Wildman–Crippen LogP) is 1.23. The van der Waals surface area contributed by atoms with E-state index in [1.807, 2.05) is 0 Å². The van der Waals surface area contributed by atoms with Crippen LogP contribution in [0, 0.1) is 29.6 Å². The van der Waals surface area contributed by atoms with Crippen LogP contribution >= 0.6 is 0 Å². The maximum absolute atomic E-state index is 11.6. The first kappa shape index (κ1) is 12.9. The van der Waals surface area contributed by atoms with Crippen LogP contribution in [-0.4, -0.2) is 28.0 Å². The van der Waals surface area contributed by atoms with E-state index >= 15 is 0 Å².